The van der Waals surface area contributed by atoms with Gasteiger partial charge in [0.1, 0.15) is 5.82 Å². The topological polar surface area (TPSA) is 26.0 Å². The summed E-state index contributed by atoms with van der Waals surface area (Å²) in [6.45, 7) is 0. The highest BCUT2D eigenvalue weighted by Crippen LogP contribution is 2.29. The van der Waals surface area contributed by atoms with Gasteiger partial charge in [0.2, 0.25) is 0 Å². The molecule has 0 saturated carbocycles. The first-order valence-corrected chi connectivity index (χ1v) is 7.17. The largest absolute Gasteiger partial charge is 0.324 e. The SMILES string of the molecule is NC(Cc1c(Cl)cccc1Cl)c1ccc(Br)cc1F. The first kappa shape index (κ1) is 14.8. The van der Waals surface area contributed by atoms with Gasteiger partial charge in [0.05, 0.1) is 0 Å². The maximum absolute atomic E-state index is 13.8. The second-order valence-electron chi connectivity index (χ2n) is 4.18. The first-order valence-electron chi connectivity index (χ1n) is 5.62. The molecule has 2 aromatic carbocycles. The van der Waals surface area contributed by atoms with Gasteiger partial charge in [-0.15, -0.1) is 0 Å². The summed E-state index contributed by atoms with van der Waals surface area (Å²) < 4.78 is 14.5. The molecule has 0 radical (unpaired) electrons. The zero-order valence-corrected chi connectivity index (χ0v) is 12.9. The molecule has 0 aromatic heterocycles. The zero-order chi connectivity index (χ0) is 14.0. The average molecular weight is 363 g/mol. The van der Waals surface area contributed by atoms with Gasteiger partial charge in [-0.2, -0.15) is 0 Å². The van der Waals surface area contributed by atoms with Gasteiger partial charge < -0.3 is 5.73 Å². The molecule has 2 aromatic rings. The fourth-order valence-corrected chi connectivity index (χ4v) is 2.74. The van der Waals surface area contributed by atoms with Crippen molar-refractivity contribution in [2.24, 2.45) is 5.73 Å². The Bertz CT molecular complexity index is 584. The number of nitrogens with two attached hydrogens (primary N) is 1. The predicted octanol–water partition coefficient (Wildman–Crippen LogP) is 5.14. The van der Waals surface area contributed by atoms with E-state index < -0.39 is 6.04 Å². The Hall–Kier alpha value is -0.610. The fourth-order valence-electron chi connectivity index (χ4n) is 1.86. The van der Waals surface area contributed by atoms with Crippen molar-refractivity contribution in [3.05, 3.63) is 67.9 Å². The van der Waals surface area contributed by atoms with Crippen molar-refractivity contribution in [2.75, 3.05) is 0 Å². The van der Waals surface area contributed by atoms with Crippen LogP contribution in [-0.4, -0.2) is 0 Å². The summed E-state index contributed by atoms with van der Waals surface area (Å²) in [4.78, 5) is 0. The summed E-state index contributed by atoms with van der Waals surface area (Å²) in [6, 6.07) is 9.57. The Labute approximate surface area is 129 Å². The van der Waals surface area contributed by atoms with Gasteiger partial charge in [-0.25, -0.2) is 4.39 Å². The molecule has 19 heavy (non-hydrogen) atoms. The molecule has 2 rings (SSSR count). The molecule has 1 nitrogen and oxygen atoms in total. The van der Waals surface area contributed by atoms with Crippen LogP contribution in [-0.2, 0) is 6.42 Å². The van der Waals surface area contributed by atoms with Crippen LogP contribution in [0.5, 0.6) is 0 Å². The van der Waals surface area contributed by atoms with E-state index in [1.165, 1.54) is 6.07 Å². The van der Waals surface area contributed by atoms with Crippen LogP contribution in [0.25, 0.3) is 0 Å². The molecule has 0 aliphatic carbocycles. The van der Waals surface area contributed by atoms with E-state index in [-0.39, 0.29) is 5.82 Å². The fraction of sp³-hybridized carbons (Fsp3) is 0.143. The minimum atomic E-state index is -0.495. The molecule has 0 bridgehead atoms. The maximum Gasteiger partial charge on any atom is 0.129 e. The number of hydrogen-bond donors (Lipinski definition) is 1. The van der Waals surface area contributed by atoms with E-state index in [0.29, 0.717) is 26.5 Å². The van der Waals surface area contributed by atoms with Crippen molar-refractivity contribution in [3.63, 3.8) is 0 Å². The normalized spacial score (nSPS) is 12.5. The van der Waals surface area contributed by atoms with E-state index >= 15 is 0 Å². The summed E-state index contributed by atoms with van der Waals surface area (Å²) in [5.41, 5.74) is 7.22. The highest BCUT2D eigenvalue weighted by Gasteiger charge is 2.15. The van der Waals surface area contributed by atoms with Crippen LogP contribution in [0, 0.1) is 5.82 Å². The van der Waals surface area contributed by atoms with Crippen molar-refractivity contribution < 1.29 is 4.39 Å². The Morgan fingerprint density at radius 1 is 1.16 bits per heavy atom. The Kier molecular flexibility index (Phi) is 4.85. The van der Waals surface area contributed by atoms with Crippen molar-refractivity contribution >= 4 is 39.1 Å². The molecule has 100 valence electrons. The van der Waals surface area contributed by atoms with E-state index in [9.17, 15) is 4.39 Å². The second kappa shape index (κ2) is 6.23. The molecule has 0 aliphatic rings. The molecule has 0 heterocycles. The Balaban J connectivity index is 2.28. The van der Waals surface area contributed by atoms with Crippen LogP contribution in [0.1, 0.15) is 17.2 Å². The lowest BCUT2D eigenvalue weighted by Crippen LogP contribution is -2.15. The van der Waals surface area contributed by atoms with Crippen LogP contribution >= 0.6 is 39.1 Å². The minimum absolute atomic E-state index is 0.343. The lowest BCUT2D eigenvalue weighted by Gasteiger charge is -2.15. The lowest BCUT2D eigenvalue weighted by molar-refractivity contribution is 0.579. The summed E-state index contributed by atoms with van der Waals surface area (Å²) >= 11 is 15.4. The van der Waals surface area contributed by atoms with Crippen molar-refractivity contribution in [2.45, 2.75) is 12.5 Å². The summed E-state index contributed by atoms with van der Waals surface area (Å²) in [5.74, 6) is -0.343. The van der Waals surface area contributed by atoms with Crippen LogP contribution < -0.4 is 5.73 Å². The van der Waals surface area contributed by atoms with Gasteiger partial charge >= 0.3 is 0 Å². The van der Waals surface area contributed by atoms with Crippen LogP contribution in [0.2, 0.25) is 10.0 Å². The molecule has 0 saturated heterocycles. The summed E-state index contributed by atoms with van der Waals surface area (Å²) in [5, 5.41) is 1.08. The van der Waals surface area contributed by atoms with Gasteiger partial charge in [-0.1, -0.05) is 51.3 Å². The molecule has 0 fully saturated rings. The average Bonchev–Trinajstić information content (AvgIpc) is 2.33. The number of hydrogen-bond acceptors (Lipinski definition) is 1. The third kappa shape index (κ3) is 3.48. The van der Waals surface area contributed by atoms with Gasteiger partial charge in [0, 0.05) is 26.1 Å². The highest BCUT2D eigenvalue weighted by atomic mass is 79.9. The van der Waals surface area contributed by atoms with Crippen LogP contribution in [0.15, 0.2) is 40.9 Å². The van der Waals surface area contributed by atoms with E-state index in [1.54, 1.807) is 30.3 Å². The van der Waals surface area contributed by atoms with Crippen LogP contribution in [0.4, 0.5) is 4.39 Å². The predicted molar refractivity (Wildman–Crippen MR) is 81.2 cm³/mol. The van der Waals surface area contributed by atoms with Gasteiger partial charge in [-0.05, 0) is 36.2 Å². The maximum atomic E-state index is 13.8. The molecular formula is C14H11BrCl2FN. The van der Waals surface area contributed by atoms with E-state index in [4.69, 9.17) is 28.9 Å². The molecule has 0 amide bonds. The van der Waals surface area contributed by atoms with Crippen LogP contribution in [0.3, 0.4) is 0 Å². The molecule has 5 heteroatoms. The summed E-state index contributed by atoms with van der Waals surface area (Å²) in [6.07, 6.45) is 0.386. The van der Waals surface area contributed by atoms with E-state index in [0.717, 1.165) is 5.56 Å². The zero-order valence-electron chi connectivity index (χ0n) is 9.84. The number of benzene rings is 2. The molecule has 1 unspecified atom stereocenters. The Morgan fingerprint density at radius 3 is 2.37 bits per heavy atom. The van der Waals surface area contributed by atoms with Gasteiger partial charge in [-0.3, -0.25) is 0 Å². The second-order valence-corrected chi connectivity index (χ2v) is 5.91. The lowest BCUT2D eigenvalue weighted by atomic mass is 9.99. The highest BCUT2D eigenvalue weighted by molar-refractivity contribution is 9.10. The van der Waals surface area contributed by atoms with Crippen molar-refractivity contribution in [1.82, 2.24) is 0 Å². The quantitative estimate of drug-likeness (QED) is 0.803. The minimum Gasteiger partial charge on any atom is -0.324 e. The molecule has 0 aliphatic heterocycles. The summed E-state index contributed by atoms with van der Waals surface area (Å²) in [7, 11) is 0. The van der Waals surface area contributed by atoms with E-state index in [2.05, 4.69) is 15.9 Å². The monoisotopic (exact) mass is 361 g/mol. The first-order chi connectivity index (χ1) is 8.99. The third-order valence-electron chi connectivity index (χ3n) is 2.85. The number of halogens is 4. The molecule has 1 atom stereocenters. The third-order valence-corrected chi connectivity index (χ3v) is 4.05. The smallest absolute Gasteiger partial charge is 0.129 e. The van der Waals surface area contributed by atoms with Crippen molar-refractivity contribution in [3.8, 4) is 0 Å². The number of rotatable bonds is 3. The Morgan fingerprint density at radius 2 is 1.79 bits per heavy atom. The van der Waals surface area contributed by atoms with Gasteiger partial charge in [0.15, 0.2) is 0 Å². The van der Waals surface area contributed by atoms with Gasteiger partial charge in [0.25, 0.3) is 0 Å². The molecular weight excluding hydrogens is 352 g/mol. The van der Waals surface area contributed by atoms with E-state index in [1.807, 2.05) is 0 Å². The molecule has 0 spiro atoms. The standard InChI is InChI=1S/C14H11BrCl2FN/c15-8-4-5-9(13(18)6-8)14(19)7-10-11(16)2-1-3-12(10)17/h1-6,14H,7,19H2. The van der Waals surface area contributed by atoms with Crippen molar-refractivity contribution in [1.29, 1.82) is 0 Å². The molecule has 2 N–H and O–H groups in total.